The van der Waals surface area contributed by atoms with E-state index in [1.54, 1.807) is 0 Å². The molecule has 1 rings (SSSR count). The van der Waals surface area contributed by atoms with Gasteiger partial charge < -0.3 is 14.6 Å². The van der Waals surface area contributed by atoms with Crippen molar-refractivity contribution >= 4 is 0 Å². The van der Waals surface area contributed by atoms with Crippen LogP contribution in [0.3, 0.4) is 0 Å². The highest BCUT2D eigenvalue weighted by molar-refractivity contribution is 4.76. The van der Waals surface area contributed by atoms with Crippen LogP contribution in [0.4, 0.5) is 0 Å². The maximum Gasteiger partial charge on any atom is 0.0824 e. The molecule has 1 heterocycles. The van der Waals surface area contributed by atoms with Crippen molar-refractivity contribution in [3.63, 3.8) is 0 Å². The molecule has 78 valence electrons. The summed E-state index contributed by atoms with van der Waals surface area (Å²) < 4.78 is 10.7. The fourth-order valence-corrected chi connectivity index (χ4v) is 1.55. The van der Waals surface area contributed by atoms with Crippen LogP contribution in [-0.2, 0) is 9.47 Å². The Balaban J connectivity index is 2.19. The molecule has 0 bridgehead atoms. The van der Waals surface area contributed by atoms with E-state index >= 15 is 0 Å². The summed E-state index contributed by atoms with van der Waals surface area (Å²) in [7, 11) is 0. The first-order chi connectivity index (χ1) is 6.09. The Morgan fingerprint density at radius 3 is 2.69 bits per heavy atom. The van der Waals surface area contributed by atoms with Crippen LogP contribution in [0.15, 0.2) is 0 Å². The zero-order valence-electron chi connectivity index (χ0n) is 8.69. The van der Waals surface area contributed by atoms with Crippen LogP contribution in [0.5, 0.6) is 0 Å². The van der Waals surface area contributed by atoms with E-state index in [2.05, 4.69) is 0 Å². The van der Waals surface area contributed by atoms with Crippen LogP contribution in [0.25, 0.3) is 0 Å². The third-order valence-corrected chi connectivity index (χ3v) is 2.37. The predicted molar refractivity (Wildman–Crippen MR) is 50.6 cm³/mol. The number of rotatable bonds is 4. The molecule has 1 N–H and O–H groups in total. The lowest BCUT2D eigenvalue weighted by Gasteiger charge is -2.17. The molecule has 0 amide bonds. The molecular weight excluding hydrogens is 168 g/mol. The molecule has 1 saturated heterocycles. The quantitative estimate of drug-likeness (QED) is 0.720. The van der Waals surface area contributed by atoms with Gasteiger partial charge in [0.05, 0.1) is 31.5 Å². The molecule has 3 atom stereocenters. The van der Waals surface area contributed by atoms with Crippen molar-refractivity contribution in [2.45, 2.75) is 45.5 Å². The fourth-order valence-electron chi connectivity index (χ4n) is 1.55. The smallest absolute Gasteiger partial charge is 0.0824 e. The van der Waals surface area contributed by atoms with Crippen LogP contribution >= 0.6 is 0 Å². The van der Waals surface area contributed by atoms with E-state index in [9.17, 15) is 5.11 Å². The largest absolute Gasteiger partial charge is 0.390 e. The first-order valence-electron chi connectivity index (χ1n) is 5.01. The second-order valence-corrected chi connectivity index (χ2v) is 4.09. The van der Waals surface area contributed by atoms with Gasteiger partial charge >= 0.3 is 0 Å². The second kappa shape index (κ2) is 4.94. The third-order valence-electron chi connectivity index (χ3n) is 2.37. The summed E-state index contributed by atoms with van der Waals surface area (Å²) in [4.78, 5) is 0. The molecule has 0 aromatic rings. The molecule has 13 heavy (non-hydrogen) atoms. The summed E-state index contributed by atoms with van der Waals surface area (Å²) in [6, 6.07) is 0. The SMILES string of the molecule is CC(C)OCC(O)C1COC(C)C1. The van der Waals surface area contributed by atoms with E-state index in [0.29, 0.717) is 19.3 Å². The lowest BCUT2D eigenvalue weighted by atomic mass is 10.0. The number of hydrogen-bond acceptors (Lipinski definition) is 3. The molecule has 1 aliphatic heterocycles. The highest BCUT2D eigenvalue weighted by Gasteiger charge is 2.28. The van der Waals surface area contributed by atoms with Gasteiger partial charge in [0.2, 0.25) is 0 Å². The highest BCUT2D eigenvalue weighted by atomic mass is 16.5. The van der Waals surface area contributed by atoms with Crippen LogP contribution in [0, 0.1) is 5.92 Å². The van der Waals surface area contributed by atoms with Gasteiger partial charge in [-0.05, 0) is 27.2 Å². The summed E-state index contributed by atoms with van der Waals surface area (Å²) in [6.45, 7) is 7.08. The molecule has 0 aromatic carbocycles. The minimum Gasteiger partial charge on any atom is -0.390 e. The maximum absolute atomic E-state index is 9.71. The lowest BCUT2D eigenvalue weighted by Crippen LogP contribution is -2.27. The standard InChI is InChI=1S/C10H20O3/c1-7(2)12-6-10(11)9-4-8(3)13-5-9/h7-11H,4-6H2,1-3H3. The topological polar surface area (TPSA) is 38.7 Å². The van der Waals surface area contributed by atoms with Crippen LogP contribution in [0.2, 0.25) is 0 Å². The van der Waals surface area contributed by atoms with Gasteiger partial charge in [-0.3, -0.25) is 0 Å². The first kappa shape index (κ1) is 11.0. The van der Waals surface area contributed by atoms with Crippen molar-refractivity contribution in [1.29, 1.82) is 0 Å². The Hall–Kier alpha value is -0.120. The maximum atomic E-state index is 9.71. The number of aliphatic hydroxyl groups excluding tert-OH is 1. The van der Waals surface area contributed by atoms with Crippen molar-refractivity contribution in [2.24, 2.45) is 5.92 Å². The van der Waals surface area contributed by atoms with E-state index in [1.165, 1.54) is 0 Å². The van der Waals surface area contributed by atoms with Crippen molar-refractivity contribution in [3.05, 3.63) is 0 Å². The minimum absolute atomic E-state index is 0.189. The minimum atomic E-state index is -0.368. The Labute approximate surface area is 80.0 Å². The molecule has 3 unspecified atom stereocenters. The number of hydrogen-bond donors (Lipinski definition) is 1. The number of aliphatic hydroxyl groups is 1. The van der Waals surface area contributed by atoms with E-state index < -0.39 is 0 Å². The molecule has 1 aliphatic rings. The highest BCUT2D eigenvalue weighted by Crippen LogP contribution is 2.22. The summed E-state index contributed by atoms with van der Waals surface area (Å²) in [5.74, 6) is 0.258. The average molecular weight is 188 g/mol. The zero-order chi connectivity index (χ0) is 9.84. The Morgan fingerprint density at radius 2 is 2.23 bits per heavy atom. The van der Waals surface area contributed by atoms with Crippen LogP contribution < -0.4 is 0 Å². The van der Waals surface area contributed by atoms with Gasteiger partial charge in [0.1, 0.15) is 0 Å². The van der Waals surface area contributed by atoms with Crippen molar-refractivity contribution in [1.82, 2.24) is 0 Å². The van der Waals surface area contributed by atoms with Gasteiger partial charge in [-0.15, -0.1) is 0 Å². The van der Waals surface area contributed by atoms with E-state index in [0.717, 1.165) is 6.42 Å². The van der Waals surface area contributed by atoms with Gasteiger partial charge in [-0.2, -0.15) is 0 Å². The molecule has 0 saturated carbocycles. The van der Waals surface area contributed by atoms with Crippen molar-refractivity contribution < 1.29 is 14.6 Å². The van der Waals surface area contributed by atoms with Gasteiger partial charge in [-0.25, -0.2) is 0 Å². The average Bonchev–Trinajstić information content (AvgIpc) is 2.47. The first-order valence-corrected chi connectivity index (χ1v) is 5.01. The zero-order valence-corrected chi connectivity index (χ0v) is 8.69. The summed E-state index contributed by atoms with van der Waals surface area (Å²) in [5.41, 5.74) is 0. The molecule has 0 aromatic heterocycles. The molecule has 0 radical (unpaired) electrons. The van der Waals surface area contributed by atoms with Gasteiger partial charge in [0.15, 0.2) is 0 Å². The summed E-state index contributed by atoms with van der Waals surface area (Å²) in [6.07, 6.45) is 1.06. The van der Waals surface area contributed by atoms with E-state index in [-0.39, 0.29) is 18.1 Å². The van der Waals surface area contributed by atoms with Gasteiger partial charge in [-0.1, -0.05) is 0 Å². The Morgan fingerprint density at radius 1 is 1.54 bits per heavy atom. The van der Waals surface area contributed by atoms with Crippen molar-refractivity contribution in [2.75, 3.05) is 13.2 Å². The van der Waals surface area contributed by atoms with Crippen molar-refractivity contribution in [3.8, 4) is 0 Å². The second-order valence-electron chi connectivity index (χ2n) is 4.09. The van der Waals surface area contributed by atoms with Gasteiger partial charge in [0.25, 0.3) is 0 Å². The molecular formula is C10H20O3. The van der Waals surface area contributed by atoms with Crippen LogP contribution in [-0.4, -0.2) is 36.6 Å². The lowest BCUT2D eigenvalue weighted by molar-refractivity contribution is -0.0211. The van der Waals surface area contributed by atoms with E-state index in [4.69, 9.17) is 9.47 Å². The van der Waals surface area contributed by atoms with Crippen LogP contribution in [0.1, 0.15) is 27.2 Å². The molecule has 3 heteroatoms. The van der Waals surface area contributed by atoms with Gasteiger partial charge in [0, 0.05) is 5.92 Å². The Bertz CT molecular complexity index is 147. The summed E-state index contributed by atoms with van der Waals surface area (Å²) >= 11 is 0. The Kier molecular flexibility index (Phi) is 4.16. The third kappa shape index (κ3) is 3.63. The number of ether oxygens (including phenoxy) is 2. The fraction of sp³-hybridized carbons (Fsp3) is 1.00. The molecule has 0 spiro atoms. The summed E-state index contributed by atoms with van der Waals surface area (Å²) in [5, 5.41) is 9.71. The predicted octanol–water partition coefficient (Wildman–Crippen LogP) is 1.20. The van der Waals surface area contributed by atoms with E-state index in [1.807, 2.05) is 20.8 Å². The molecule has 3 nitrogen and oxygen atoms in total. The normalized spacial score (nSPS) is 31.2. The molecule has 0 aliphatic carbocycles. The molecule has 1 fully saturated rings. The monoisotopic (exact) mass is 188 g/mol.